The van der Waals surface area contributed by atoms with E-state index in [1.807, 2.05) is 18.2 Å². The summed E-state index contributed by atoms with van der Waals surface area (Å²) in [5.74, 6) is 1.52. The van der Waals surface area contributed by atoms with E-state index in [-0.39, 0.29) is 0 Å². The summed E-state index contributed by atoms with van der Waals surface area (Å²) in [5.41, 5.74) is 2.05. The molecule has 2 nitrogen and oxygen atoms in total. The Kier molecular flexibility index (Phi) is 3.53. The summed E-state index contributed by atoms with van der Waals surface area (Å²) in [6.07, 6.45) is 6.74. The van der Waals surface area contributed by atoms with Gasteiger partial charge in [-0.2, -0.15) is 4.99 Å². The Morgan fingerprint density at radius 1 is 1.25 bits per heavy atom. The van der Waals surface area contributed by atoms with E-state index in [0.29, 0.717) is 5.92 Å². The molecule has 1 aliphatic carbocycles. The SMILES string of the molecule is CC1CCC(c2cccc(N=C=O)c2)CC1. The van der Waals surface area contributed by atoms with Gasteiger partial charge in [-0.1, -0.05) is 31.9 Å². The third kappa shape index (κ3) is 2.59. The van der Waals surface area contributed by atoms with Gasteiger partial charge < -0.3 is 0 Å². The van der Waals surface area contributed by atoms with Crippen molar-refractivity contribution in [3.8, 4) is 0 Å². The van der Waals surface area contributed by atoms with E-state index in [1.54, 1.807) is 6.08 Å². The van der Waals surface area contributed by atoms with Gasteiger partial charge in [0, 0.05) is 0 Å². The number of nitrogens with zero attached hydrogens (tertiary/aromatic N) is 1. The molecule has 0 aromatic heterocycles. The molecule has 0 heterocycles. The summed E-state index contributed by atoms with van der Waals surface area (Å²) >= 11 is 0. The van der Waals surface area contributed by atoms with E-state index in [1.165, 1.54) is 31.2 Å². The van der Waals surface area contributed by atoms with Crippen molar-refractivity contribution in [2.24, 2.45) is 10.9 Å². The Morgan fingerprint density at radius 3 is 2.69 bits per heavy atom. The van der Waals surface area contributed by atoms with Crippen molar-refractivity contribution in [1.82, 2.24) is 0 Å². The zero-order chi connectivity index (χ0) is 11.4. The number of hydrogen-bond acceptors (Lipinski definition) is 2. The highest BCUT2D eigenvalue weighted by Gasteiger charge is 2.19. The second kappa shape index (κ2) is 5.09. The smallest absolute Gasteiger partial charge is 0.211 e. The highest BCUT2D eigenvalue weighted by molar-refractivity contribution is 5.50. The lowest BCUT2D eigenvalue weighted by molar-refractivity contribution is 0.348. The molecule has 2 heteroatoms. The van der Waals surface area contributed by atoms with Crippen LogP contribution in [0.4, 0.5) is 5.69 Å². The van der Waals surface area contributed by atoms with Gasteiger partial charge in [0.15, 0.2) is 0 Å². The molecule has 1 fully saturated rings. The lowest BCUT2D eigenvalue weighted by atomic mass is 9.79. The molecule has 0 aliphatic heterocycles. The van der Waals surface area contributed by atoms with Crippen LogP contribution < -0.4 is 0 Å². The zero-order valence-electron chi connectivity index (χ0n) is 9.65. The van der Waals surface area contributed by atoms with Crippen molar-refractivity contribution < 1.29 is 4.79 Å². The zero-order valence-corrected chi connectivity index (χ0v) is 9.65. The Balaban J connectivity index is 2.14. The van der Waals surface area contributed by atoms with Crippen LogP contribution in [0.5, 0.6) is 0 Å². The van der Waals surface area contributed by atoms with E-state index in [2.05, 4.69) is 18.0 Å². The topological polar surface area (TPSA) is 29.4 Å². The van der Waals surface area contributed by atoms with Gasteiger partial charge in [0.2, 0.25) is 6.08 Å². The fourth-order valence-corrected chi connectivity index (χ4v) is 2.49. The van der Waals surface area contributed by atoms with Crippen LogP contribution in [0.15, 0.2) is 29.3 Å². The predicted octanol–water partition coefficient (Wildman–Crippen LogP) is 3.95. The maximum Gasteiger partial charge on any atom is 0.240 e. The van der Waals surface area contributed by atoms with Crippen molar-refractivity contribution in [3.63, 3.8) is 0 Å². The fourth-order valence-electron chi connectivity index (χ4n) is 2.49. The van der Waals surface area contributed by atoms with Crippen molar-refractivity contribution in [1.29, 1.82) is 0 Å². The van der Waals surface area contributed by atoms with Crippen LogP contribution in [-0.2, 0) is 4.79 Å². The van der Waals surface area contributed by atoms with E-state index in [4.69, 9.17) is 0 Å². The van der Waals surface area contributed by atoms with Crippen LogP contribution in [-0.4, -0.2) is 6.08 Å². The van der Waals surface area contributed by atoms with Crippen LogP contribution in [0.2, 0.25) is 0 Å². The van der Waals surface area contributed by atoms with Gasteiger partial charge >= 0.3 is 0 Å². The normalized spacial score (nSPS) is 24.8. The summed E-state index contributed by atoms with van der Waals surface area (Å²) in [6, 6.07) is 7.99. The minimum Gasteiger partial charge on any atom is -0.211 e. The molecule has 2 rings (SSSR count). The van der Waals surface area contributed by atoms with Gasteiger partial charge in [0.25, 0.3) is 0 Å². The molecule has 84 valence electrons. The van der Waals surface area contributed by atoms with Crippen molar-refractivity contribution in [2.45, 2.75) is 38.5 Å². The second-order valence-corrected chi connectivity index (χ2v) is 4.75. The van der Waals surface area contributed by atoms with Gasteiger partial charge in [0.05, 0.1) is 5.69 Å². The molecule has 0 N–H and O–H groups in total. The Morgan fingerprint density at radius 2 is 2.00 bits per heavy atom. The number of benzene rings is 1. The second-order valence-electron chi connectivity index (χ2n) is 4.75. The van der Waals surface area contributed by atoms with Crippen molar-refractivity contribution in [3.05, 3.63) is 29.8 Å². The first-order valence-corrected chi connectivity index (χ1v) is 5.97. The van der Waals surface area contributed by atoms with Crippen molar-refractivity contribution >= 4 is 11.8 Å². The molecule has 0 atom stereocenters. The minimum absolute atomic E-state index is 0.651. The number of rotatable bonds is 2. The fraction of sp³-hybridized carbons (Fsp3) is 0.500. The van der Waals surface area contributed by atoms with Gasteiger partial charge in [0.1, 0.15) is 0 Å². The van der Waals surface area contributed by atoms with E-state index < -0.39 is 0 Å². The number of aliphatic imine (C=N–C) groups is 1. The summed E-state index contributed by atoms with van der Waals surface area (Å²) in [7, 11) is 0. The summed E-state index contributed by atoms with van der Waals surface area (Å²) < 4.78 is 0. The third-order valence-corrected chi connectivity index (χ3v) is 3.53. The Hall–Kier alpha value is -1.40. The molecule has 0 amide bonds. The number of hydrogen-bond donors (Lipinski definition) is 0. The molecule has 0 bridgehead atoms. The molecule has 1 aromatic rings. The maximum absolute atomic E-state index is 10.2. The largest absolute Gasteiger partial charge is 0.240 e. The molecular weight excluding hydrogens is 198 g/mol. The average molecular weight is 215 g/mol. The highest BCUT2D eigenvalue weighted by Crippen LogP contribution is 2.36. The molecule has 0 spiro atoms. The summed E-state index contributed by atoms with van der Waals surface area (Å²) in [4.78, 5) is 13.9. The Bertz CT molecular complexity index is 399. The van der Waals surface area contributed by atoms with Crippen LogP contribution in [0.1, 0.15) is 44.1 Å². The van der Waals surface area contributed by atoms with E-state index in [0.717, 1.165) is 11.6 Å². The monoisotopic (exact) mass is 215 g/mol. The third-order valence-electron chi connectivity index (χ3n) is 3.53. The molecule has 16 heavy (non-hydrogen) atoms. The standard InChI is InChI=1S/C14H17NO/c1-11-5-7-12(8-6-11)13-3-2-4-14(9-13)15-10-16/h2-4,9,11-12H,5-8H2,1H3. The molecule has 1 saturated carbocycles. The van der Waals surface area contributed by atoms with E-state index >= 15 is 0 Å². The van der Waals surface area contributed by atoms with E-state index in [9.17, 15) is 4.79 Å². The minimum atomic E-state index is 0.651. The van der Waals surface area contributed by atoms with Crippen LogP contribution in [0, 0.1) is 5.92 Å². The van der Waals surface area contributed by atoms with Crippen molar-refractivity contribution in [2.75, 3.05) is 0 Å². The highest BCUT2D eigenvalue weighted by atomic mass is 16.1. The van der Waals surface area contributed by atoms with Gasteiger partial charge in [-0.3, -0.25) is 0 Å². The molecule has 0 saturated heterocycles. The lowest BCUT2D eigenvalue weighted by Crippen LogP contribution is -2.10. The van der Waals surface area contributed by atoms with Crippen LogP contribution >= 0.6 is 0 Å². The summed E-state index contributed by atoms with van der Waals surface area (Å²) in [5, 5.41) is 0. The number of carbonyl (C=O) groups excluding carboxylic acids is 1. The van der Waals surface area contributed by atoms with Gasteiger partial charge in [-0.05, 0) is 42.4 Å². The quantitative estimate of drug-likeness (QED) is 0.542. The van der Waals surface area contributed by atoms with Gasteiger partial charge in [-0.25, -0.2) is 4.79 Å². The first-order chi connectivity index (χ1) is 7.79. The molecule has 1 aromatic carbocycles. The first kappa shape index (κ1) is 11.1. The molecule has 1 aliphatic rings. The average Bonchev–Trinajstić information content (AvgIpc) is 2.31. The lowest BCUT2D eigenvalue weighted by Gasteiger charge is -2.26. The summed E-state index contributed by atoms with van der Waals surface area (Å²) in [6.45, 7) is 2.32. The van der Waals surface area contributed by atoms with Crippen LogP contribution in [0.25, 0.3) is 0 Å². The van der Waals surface area contributed by atoms with Crippen LogP contribution in [0.3, 0.4) is 0 Å². The predicted molar refractivity (Wildman–Crippen MR) is 64.6 cm³/mol. The first-order valence-electron chi connectivity index (χ1n) is 5.97. The number of isocyanates is 1. The maximum atomic E-state index is 10.2. The molecule has 0 unspecified atom stereocenters. The van der Waals surface area contributed by atoms with Gasteiger partial charge in [-0.15, -0.1) is 0 Å². The Labute approximate surface area is 96.4 Å². The molecule has 0 radical (unpaired) electrons. The molecular formula is C14H17NO.